The lowest BCUT2D eigenvalue weighted by Crippen LogP contribution is -2.27. The van der Waals surface area contributed by atoms with Gasteiger partial charge in [-0.3, -0.25) is 4.79 Å². The van der Waals surface area contributed by atoms with Crippen LogP contribution in [0.15, 0.2) is 59.2 Å². The molecule has 0 spiro atoms. The van der Waals surface area contributed by atoms with Crippen molar-refractivity contribution < 1.29 is 14.3 Å². The highest BCUT2D eigenvalue weighted by Crippen LogP contribution is 2.21. The fourth-order valence-corrected chi connectivity index (χ4v) is 2.85. The second-order valence-electron chi connectivity index (χ2n) is 5.96. The van der Waals surface area contributed by atoms with Crippen LogP contribution in [-0.2, 0) is 4.74 Å². The quantitative estimate of drug-likeness (QED) is 0.599. The summed E-state index contributed by atoms with van der Waals surface area (Å²) in [7, 11) is 1.30. The minimum Gasteiger partial charge on any atom is -0.465 e. The molecular weight excluding hydrogens is 410 g/mol. The number of imidazole rings is 1. The van der Waals surface area contributed by atoms with Crippen LogP contribution >= 0.6 is 15.9 Å². The number of hydrogen-bond acceptors (Lipinski definition) is 4. The van der Waals surface area contributed by atoms with Gasteiger partial charge in [0.25, 0.3) is 5.91 Å². The number of H-pyrrole nitrogens is 1. The zero-order valence-corrected chi connectivity index (χ0v) is 16.4. The Morgan fingerprint density at radius 2 is 1.85 bits per heavy atom. The number of benzene rings is 2. The largest absolute Gasteiger partial charge is 0.465 e. The average molecular weight is 428 g/mol. The fraction of sp³-hybridized carbons (Fsp3) is 0.150. The zero-order valence-electron chi connectivity index (χ0n) is 14.8. The molecule has 0 saturated carbocycles. The van der Waals surface area contributed by atoms with Crippen molar-refractivity contribution in [2.24, 2.45) is 0 Å². The third kappa shape index (κ3) is 4.43. The van der Waals surface area contributed by atoms with E-state index in [1.54, 1.807) is 24.4 Å². The molecule has 1 heterocycles. The number of methoxy groups -OCH3 is 1. The number of halogens is 1. The van der Waals surface area contributed by atoms with Crippen molar-refractivity contribution in [2.45, 2.75) is 13.0 Å². The van der Waals surface area contributed by atoms with Crippen LogP contribution < -0.4 is 5.32 Å². The van der Waals surface area contributed by atoms with Crippen LogP contribution in [0.1, 0.15) is 39.5 Å². The Labute approximate surface area is 165 Å². The molecule has 7 heteroatoms. The Balaban J connectivity index is 1.72. The van der Waals surface area contributed by atoms with E-state index in [-0.39, 0.29) is 11.9 Å². The Kier molecular flexibility index (Phi) is 5.71. The highest BCUT2D eigenvalue weighted by molar-refractivity contribution is 9.10. The van der Waals surface area contributed by atoms with Crippen molar-refractivity contribution >= 4 is 27.8 Å². The van der Waals surface area contributed by atoms with E-state index in [2.05, 4.69) is 36.0 Å². The molecule has 0 bridgehead atoms. The molecule has 3 rings (SSSR count). The first-order chi connectivity index (χ1) is 13.0. The highest BCUT2D eigenvalue weighted by atomic mass is 79.9. The molecule has 1 atom stereocenters. The minimum absolute atomic E-state index is 0.296. The topological polar surface area (TPSA) is 84.1 Å². The number of aromatic nitrogens is 2. The van der Waals surface area contributed by atoms with Gasteiger partial charge in [0.2, 0.25) is 0 Å². The van der Waals surface area contributed by atoms with Gasteiger partial charge in [0.15, 0.2) is 0 Å². The van der Waals surface area contributed by atoms with Gasteiger partial charge in [0.1, 0.15) is 5.82 Å². The summed E-state index contributed by atoms with van der Waals surface area (Å²) in [5.41, 5.74) is 2.57. The Bertz CT molecular complexity index is 967. The predicted molar refractivity (Wildman–Crippen MR) is 105 cm³/mol. The Morgan fingerprint density at radius 1 is 1.15 bits per heavy atom. The summed E-state index contributed by atoms with van der Waals surface area (Å²) in [6, 6.07) is 13.9. The number of esters is 1. The average Bonchev–Trinajstić information content (AvgIpc) is 3.18. The Hall–Kier alpha value is -2.93. The molecule has 0 unspecified atom stereocenters. The summed E-state index contributed by atoms with van der Waals surface area (Å²) in [6.45, 7) is 1.84. The lowest BCUT2D eigenvalue weighted by Gasteiger charge is -2.12. The summed E-state index contributed by atoms with van der Waals surface area (Å²) in [5, 5.41) is 2.88. The van der Waals surface area contributed by atoms with Crippen LogP contribution in [-0.4, -0.2) is 29.0 Å². The lowest BCUT2D eigenvalue weighted by atomic mass is 10.1. The van der Waals surface area contributed by atoms with Gasteiger partial charge in [-0.15, -0.1) is 0 Å². The van der Waals surface area contributed by atoms with Crippen LogP contribution in [0.3, 0.4) is 0 Å². The molecule has 0 aliphatic rings. The second-order valence-corrected chi connectivity index (χ2v) is 6.87. The number of amides is 1. The van der Waals surface area contributed by atoms with E-state index in [0.29, 0.717) is 17.0 Å². The molecule has 0 aliphatic heterocycles. The maximum absolute atomic E-state index is 12.5. The van der Waals surface area contributed by atoms with Crippen LogP contribution in [0.25, 0.3) is 11.3 Å². The predicted octanol–water partition coefficient (Wildman–Crippen LogP) is 4.12. The molecule has 1 amide bonds. The summed E-state index contributed by atoms with van der Waals surface area (Å²) in [6.07, 6.45) is 1.74. The van der Waals surface area contributed by atoms with Gasteiger partial charge in [-0.2, -0.15) is 0 Å². The molecule has 2 N–H and O–H groups in total. The number of carbonyl (C=O) groups is 2. The van der Waals surface area contributed by atoms with Gasteiger partial charge in [-0.25, -0.2) is 9.78 Å². The number of nitrogens with zero attached hydrogens (tertiary/aromatic N) is 1. The molecule has 0 saturated heterocycles. The van der Waals surface area contributed by atoms with E-state index in [0.717, 1.165) is 15.7 Å². The molecule has 2 aromatic carbocycles. The molecule has 3 aromatic rings. The standard InChI is InChI=1S/C20H18BrN3O3/c1-12(18-22-11-17(24-18)13-6-8-16(21)9-7-13)23-19(25)14-4-3-5-15(10-14)20(26)27-2/h3-12H,1-2H3,(H,22,24)(H,23,25)/t12-/m1/s1. The maximum atomic E-state index is 12.5. The molecule has 0 radical (unpaired) electrons. The number of aromatic amines is 1. The van der Waals surface area contributed by atoms with Crippen molar-refractivity contribution in [1.82, 2.24) is 15.3 Å². The third-order valence-corrected chi connectivity index (χ3v) is 4.58. The molecule has 27 heavy (non-hydrogen) atoms. The first-order valence-electron chi connectivity index (χ1n) is 8.28. The normalized spacial score (nSPS) is 11.7. The third-order valence-electron chi connectivity index (χ3n) is 4.05. The van der Waals surface area contributed by atoms with Crippen LogP contribution in [0, 0.1) is 0 Å². The molecule has 0 aliphatic carbocycles. The summed E-state index contributed by atoms with van der Waals surface area (Å²) in [5.74, 6) is -0.136. The zero-order chi connectivity index (χ0) is 19.4. The molecule has 138 valence electrons. The molecule has 6 nitrogen and oxygen atoms in total. The first-order valence-corrected chi connectivity index (χ1v) is 9.07. The maximum Gasteiger partial charge on any atom is 0.337 e. The number of nitrogens with one attached hydrogen (secondary N) is 2. The monoisotopic (exact) mass is 427 g/mol. The van der Waals surface area contributed by atoms with Crippen molar-refractivity contribution in [1.29, 1.82) is 0 Å². The van der Waals surface area contributed by atoms with Crippen molar-refractivity contribution in [3.8, 4) is 11.3 Å². The molecule has 0 fully saturated rings. The molecule has 1 aromatic heterocycles. The van der Waals surface area contributed by atoms with Crippen LogP contribution in [0.5, 0.6) is 0 Å². The number of ether oxygens (including phenoxy) is 1. The summed E-state index contributed by atoms with van der Waals surface area (Å²) < 4.78 is 5.69. The first kappa shape index (κ1) is 18.8. The van der Waals surface area contributed by atoms with Gasteiger partial charge >= 0.3 is 5.97 Å². The van der Waals surface area contributed by atoms with Gasteiger partial charge in [0.05, 0.1) is 30.6 Å². The van der Waals surface area contributed by atoms with E-state index in [4.69, 9.17) is 0 Å². The second kappa shape index (κ2) is 8.18. The number of rotatable bonds is 5. The lowest BCUT2D eigenvalue weighted by molar-refractivity contribution is 0.0600. The van der Waals surface area contributed by atoms with Crippen molar-refractivity contribution in [3.05, 3.63) is 76.2 Å². The van der Waals surface area contributed by atoms with Gasteiger partial charge in [-0.1, -0.05) is 34.1 Å². The van der Waals surface area contributed by atoms with Crippen molar-refractivity contribution in [3.63, 3.8) is 0 Å². The fourth-order valence-electron chi connectivity index (χ4n) is 2.59. The molecular formula is C20H18BrN3O3. The van der Waals surface area contributed by atoms with Crippen LogP contribution in [0.4, 0.5) is 0 Å². The van der Waals surface area contributed by atoms with Gasteiger partial charge in [-0.05, 0) is 42.8 Å². The van der Waals surface area contributed by atoms with E-state index in [9.17, 15) is 9.59 Å². The highest BCUT2D eigenvalue weighted by Gasteiger charge is 2.16. The minimum atomic E-state index is -0.483. The smallest absolute Gasteiger partial charge is 0.337 e. The van der Waals surface area contributed by atoms with E-state index in [1.165, 1.54) is 13.2 Å². The van der Waals surface area contributed by atoms with E-state index in [1.807, 2.05) is 31.2 Å². The van der Waals surface area contributed by atoms with Gasteiger partial charge in [0, 0.05) is 10.0 Å². The number of hydrogen-bond donors (Lipinski definition) is 2. The van der Waals surface area contributed by atoms with E-state index < -0.39 is 5.97 Å². The van der Waals surface area contributed by atoms with Crippen molar-refractivity contribution in [2.75, 3.05) is 7.11 Å². The van der Waals surface area contributed by atoms with Crippen LogP contribution in [0.2, 0.25) is 0 Å². The summed E-state index contributed by atoms with van der Waals surface area (Å²) >= 11 is 3.41. The number of carbonyl (C=O) groups excluding carboxylic acids is 2. The van der Waals surface area contributed by atoms with E-state index >= 15 is 0 Å². The SMILES string of the molecule is COC(=O)c1cccc(C(=O)N[C@H](C)c2ncc(-c3ccc(Br)cc3)[nH]2)c1. The Morgan fingerprint density at radius 3 is 2.56 bits per heavy atom. The van der Waals surface area contributed by atoms with Gasteiger partial charge < -0.3 is 15.0 Å². The summed E-state index contributed by atoms with van der Waals surface area (Å²) in [4.78, 5) is 31.7.